The van der Waals surface area contributed by atoms with Gasteiger partial charge in [0.25, 0.3) is 0 Å². The molecule has 0 saturated heterocycles. The average Bonchev–Trinajstić information content (AvgIpc) is 2.36. The van der Waals surface area contributed by atoms with E-state index in [0.29, 0.717) is 13.1 Å². The summed E-state index contributed by atoms with van der Waals surface area (Å²) in [5.41, 5.74) is -0.584. The van der Waals surface area contributed by atoms with E-state index in [1.807, 2.05) is 12.1 Å². The number of carbonyl (C=O) groups excluding carboxylic acids is 2. The van der Waals surface area contributed by atoms with E-state index in [1.54, 1.807) is 20.8 Å². The second kappa shape index (κ2) is 9.60. The number of rotatable bonds is 7. The van der Waals surface area contributed by atoms with Crippen molar-refractivity contribution < 1.29 is 14.3 Å². The van der Waals surface area contributed by atoms with Crippen LogP contribution < -0.4 is 5.32 Å². The molecular weight excluding hydrogens is 272 g/mol. The number of amides is 2. The van der Waals surface area contributed by atoms with Gasteiger partial charge in [0, 0.05) is 26.1 Å². The second-order valence-electron chi connectivity index (χ2n) is 5.38. The Balaban J connectivity index is 4.16. The Bertz CT molecular complexity index is 411. The zero-order valence-corrected chi connectivity index (χ0v) is 12.8. The highest BCUT2D eigenvalue weighted by atomic mass is 16.6. The first-order valence-electron chi connectivity index (χ1n) is 6.78. The van der Waals surface area contributed by atoms with Crippen LogP contribution >= 0.6 is 0 Å². The summed E-state index contributed by atoms with van der Waals surface area (Å²) in [6.07, 6.45) is -0.0282. The number of hydrogen-bond donors (Lipinski definition) is 1. The first-order valence-corrected chi connectivity index (χ1v) is 6.78. The van der Waals surface area contributed by atoms with Crippen LogP contribution in [-0.2, 0) is 9.53 Å². The van der Waals surface area contributed by atoms with E-state index >= 15 is 0 Å². The predicted molar refractivity (Wildman–Crippen MR) is 75.9 cm³/mol. The van der Waals surface area contributed by atoms with Gasteiger partial charge in [0.05, 0.1) is 25.0 Å². The summed E-state index contributed by atoms with van der Waals surface area (Å²) in [4.78, 5) is 24.8. The number of nitrogens with zero attached hydrogens (tertiary/aromatic N) is 3. The molecule has 21 heavy (non-hydrogen) atoms. The molecule has 0 spiro atoms. The lowest BCUT2D eigenvalue weighted by molar-refractivity contribution is -0.130. The van der Waals surface area contributed by atoms with Crippen LogP contribution in [0.5, 0.6) is 0 Å². The summed E-state index contributed by atoms with van der Waals surface area (Å²) in [5.74, 6) is -0.198. The molecule has 0 aromatic rings. The average molecular weight is 294 g/mol. The van der Waals surface area contributed by atoms with Crippen molar-refractivity contribution in [1.29, 1.82) is 10.5 Å². The van der Waals surface area contributed by atoms with Crippen molar-refractivity contribution in [3.8, 4) is 12.1 Å². The van der Waals surface area contributed by atoms with Crippen molar-refractivity contribution in [1.82, 2.24) is 10.2 Å². The lowest BCUT2D eigenvalue weighted by atomic mass is 10.2. The first-order chi connectivity index (χ1) is 9.80. The third-order valence-corrected chi connectivity index (χ3v) is 2.35. The van der Waals surface area contributed by atoms with Crippen LogP contribution in [0.15, 0.2) is 0 Å². The Morgan fingerprint density at radius 1 is 1.14 bits per heavy atom. The second-order valence-corrected chi connectivity index (χ2v) is 5.38. The molecule has 116 valence electrons. The van der Waals surface area contributed by atoms with Crippen LogP contribution in [0.2, 0.25) is 0 Å². The topological polar surface area (TPSA) is 106 Å². The standard InChI is InChI=1S/C14H22N4O3/c1-14(2,3)21-13(20)17-9-6-12(19)18(10-4-7-15)11-5-8-16/h4-6,9-11H2,1-3H3,(H,17,20). The van der Waals surface area contributed by atoms with E-state index in [-0.39, 0.29) is 31.7 Å². The number of nitriles is 2. The monoisotopic (exact) mass is 294 g/mol. The maximum absolute atomic E-state index is 11.9. The van der Waals surface area contributed by atoms with Gasteiger partial charge >= 0.3 is 6.09 Å². The van der Waals surface area contributed by atoms with Crippen molar-refractivity contribution >= 4 is 12.0 Å². The number of hydrogen-bond acceptors (Lipinski definition) is 5. The van der Waals surface area contributed by atoms with Crippen molar-refractivity contribution in [2.75, 3.05) is 19.6 Å². The third kappa shape index (κ3) is 10.2. The minimum absolute atomic E-state index is 0.107. The van der Waals surface area contributed by atoms with Crippen molar-refractivity contribution in [2.24, 2.45) is 0 Å². The van der Waals surface area contributed by atoms with Crippen molar-refractivity contribution in [3.63, 3.8) is 0 Å². The van der Waals surface area contributed by atoms with Gasteiger partial charge in [-0.05, 0) is 20.8 Å². The Labute approximate surface area is 125 Å². The summed E-state index contributed by atoms with van der Waals surface area (Å²) in [7, 11) is 0. The Morgan fingerprint density at radius 3 is 2.10 bits per heavy atom. The molecule has 0 aromatic carbocycles. The van der Waals surface area contributed by atoms with Gasteiger partial charge in [0.2, 0.25) is 5.91 Å². The summed E-state index contributed by atoms with van der Waals surface area (Å²) >= 11 is 0. The largest absolute Gasteiger partial charge is 0.444 e. The van der Waals surface area contributed by atoms with Gasteiger partial charge in [-0.2, -0.15) is 10.5 Å². The molecule has 0 radical (unpaired) electrons. The first kappa shape index (κ1) is 18.7. The molecule has 0 aliphatic heterocycles. The Hall–Kier alpha value is -2.28. The summed E-state index contributed by atoms with van der Waals surface area (Å²) in [6.45, 7) is 6.01. The molecule has 2 amide bonds. The predicted octanol–water partition coefficient (Wildman–Crippen LogP) is 1.56. The van der Waals surface area contributed by atoms with E-state index in [0.717, 1.165) is 0 Å². The van der Waals surface area contributed by atoms with Crippen LogP contribution in [0.3, 0.4) is 0 Å². The number of nitrogens with one attached hydrogen (secondary N) is 1. The maximum atomic E-state index is 11.9. The zero-order chi connectivity index (χ0) is 16.3. The summed E-state index contributed by atoms with van der Waals surface area (Å²) in [5, 5.41) is 19.6. The highest BCUT2D eigenvalue weighted by Crippen LogP contribution is 2.06. The van der Waals surface area contributed by atoms with Crippen LogP contribution in [0.4, 0.5) is 4.79 Å². The van der Waals surface area contributed by atoms with E-state index in [1.165, 1.54) is 4.90 Å². The highest BCUT2D eigenvalue weighted by molar-refractivity contribution is 5.77. The number of carbonyl (C=O) groups is 2. The van der Waals surface area contributed by atoms with E-state index in [4.69, 9.17) is 15.3 Å². The van der Waals surface area contributed by atoms with Crippen molar-refractivity contribution in [3.05, 3.63) is 0 Å². The number of alkyl carbamates (subject to hydrolysis) is 1. The highest BCUT2D eigenvalue weighted by Gasteiger charge is 2.17. The van der Waals surface area contributed by atoms with Gasteiger partial charge in [-0.1, -0.05) is 0 Å². The normalized spacial score (nSPS) is 10.1. The number of ether oxygens (including phenoxy) is 1. The van der Waals surface area contributed by atoms with Crippen molar-refractivity contribution in [2.45, 2.75) is 45.6 Å². The van der Waals surface area contributed by atoms with Crippen LogP contribution in [-0.4, -0.2) is 42.1 Å². The molecule has 1 N–H and O–H groups in total. The van der Waals surface area contributed by atoms with E-state index < -0.39 is 11.7 Å². The van der Waals surface area contributed by atoms with Crippen LogP contribution in [0.25, 0.3) is 0 Å². The molecule has 0 fully saturated rings. The van der Waals surface area contributed by atoms with Gasteiger partial charge in [-0.3, -0.25) is 4.79 Å². The van der Waals surface area contributed by atoms with Gasteiger partial charge in [-0.15, -0.1) is 0 Å². The van der Waals surface area contributed by atoms with Crippen LogP contribution in [0, 0.1) is 22.7 Å². The quantitative estimate of drug-likeness (QED) is 0.766. The fourth-order valence-electron chi connectivity index (χ4n) is 1.47. The molecule has 0 saturated carbocycles. The third-order valence-electron chi connectivity index (χ3n) is 2.35. The molecule has 0 atom stereocenters. The SMILES string of the molecule is CC(C)(C)OC(=O)NCCC(=O)N(CCC#N)CCC#N. The zero-order valence-electron chi connectivity index (χ0n) is 12.8. The fraction of sp³-hybridized carbons (Fsp3) is 0.714. The fourth-order valence-corrected chi connectivity index (χ4v) is 1.47. The molecule has 0 aliphatic rings. The smallest absolute Gasteiger partial charge is 0.407 e. The van der Waals surface area contributed by atoms with Crippen LogP contribution in [0.1, 0.15) is 40.0 Å². The lowest BCUT2D eigenvalue weighted by Crippen LogP contribution is -2.37. The molecular formula is C14H22N4O3. The van der Waals surface area contributed by atoms with Gasteiger partial charge < -0.3 is 15.0 Å². The maximum Gasteiger partial charge on any atom is 0.407 e. The summed E-state index contributed by atoms with van der Waals surface area (Å²) < 4.78 is 5.05. The van der Waals surface area contributed by atoms with E-state index in [9.17, 15) is 9.59 Å². The lowest BCUT2D eigenvalue weighted by Gasteiger charge is -2.21. The van der Waals surface area contributed by atoms with Gasteiger partial charge in [0.15, 0.2) is 0 Å². The molecule has 7 nitrogen and oxygen atoms in total. The molecule has 0 heterocycles. The molecule has 0 unspecified atom stereocenters. The van der Waals surface area contributed by atoms with Gasteiger partial charge in [0.1, 0.15) is 5.60 Å². The summed E-state index contributed by atoms with van der Waals surface area (Å²) in [6, 6.07) is 3.93. The van der Waals surface area contributed by atoms with Gasteiger partial charge in [-0.25, -0.2) is 4.79 Å². The molecule has 0 rings (SSSR count). The minimum Gasteiger partial charge on any atom is -0.444 e. The Kier molecular flexibility index (Phi) is 8.55. The Morgan fingerprint density at radius 2 is 1.67 bits per heavy atom. The molecule has 0 bridgehead atoms. The van der Waals surface area contributed by atoms with E-state index in [2.05, 4.69) is 5.32 Å². The molecule has 0 aromatic heterocycles. The molecule has 0 aliphatic carbocycles. The minimum atomic E-state index is -0.584. The molecule has 7 heteroatoms.